The molecule has 0 aliphatic carbocycles. The molecule has 0 aliphatic heterocycles. The molecule has 2 atom stereocenters. The quantitative estimate of drug-likeness (QED) is 0.843. The van der Waals surface area contributed by atoms with Crippen LogP contribution < -0.4 is 11.1 Å². The van der Waals surface area contributed by atoms with Crippen molar-refractivity contribution in [3.8, 4) is 0 Å². The molecule has 18 heavy (non-hydrogen) atoms. The normalized spacial score (nSPS) is 14.1. The Morgan fingerprint density at radius 2 is 1.94 bits per heavy atom. The molecule has 4 nitrogen and oxygen atoms in total. The van der Waals surface area contributed by atoms with E-state index in [4.69, 9.17) is 10.2 Å². The van der Waals surface area contributed by atoms with E-state index in [0.717, 1.165) is 11.3 Å². The maximum atomic E-state index is 11.2. The molecule has 2 aromatic rings. The van der Waals surface area contributed by atoms with Crippen LogP contribution in [0, 0.1) is 0 Å². The molecule has 94 valence electrons. The molecule has 3 N–H and O–H groups in total. The van der Waals surface area contributed by atoms with Crippen molar-refractivity contribution in [1.29, 1.82) is 0 Å². The van der Waals surface area contributed by atoms with Gasteiger partial charge in [0.05, 0.1) is 18.3 Å². The Hall–Kier alpha value is -2.07. The summed E-state index contributed by atoms with van der Waals surface area (Å²) >= 11 is 0. The van der Waals surface area contributed by atoms with Gasteiger partial charge >= 0.3 is 0 Å². The van der Waals surface area contributed by atoms with Gasteiger partial charge in [-0.3, -0.25) is 10.1 Å². The minimum atomic E-state index is -0.430. The van der Waals surface area contributed by atoms with Crippen molar-refractivity contribution >= 4 is 5.91 Å². The fraction of sp³-hybridized carbons (Fsp3) is 0.214. The molecule has 0 radical (unpaired) electrons. The van der Waals surface area contributed by atoms with Crippen LogP contribution in [-0.2, 0) is 4.79 Å². The molecule has 1 aromatic heterocycles. The topological polar surface area (TPSA) is 68.3 Å². The third-order valence-electron chi connectivity index (χ3n) is 2.80. The van der Waals surface area contributed by atoms with Gasteiger partial charge in [0.1, 0.15) is 5.76 Å². The number of benzene rings is 1. The van der Waals surface area contributed by atoms with Crippen molar-refractivity contribution in [2.75, 3.05) is 0 Å². The molecule has 2 rings (SSSR count). The molecule has 0 unspecified atom stereocenters. The Labute approximate surface area is 106 Å². The highest BCUT2D eigenvalue weighted by molar-refractivity contribution is 5.79. The maximum absolute atomic E-state index is 11.2. The van der Waals surface area contributed by atoms with E-state index in [1.165, 1.54) is 0 Å². The summed E-state index contributed by atoms with van der Waals surface area (Å²) in [6.45, 7) is 1.74. The highest BCUT2D eigenvalue weighted by Gasteiger charge is 2.20. The van der Waals surface area contributed by atoms with E-state index in [1.807, 2.05) is 42.5 Å². The van der Waals surface area contributed by atoms with Gasteiger partial charge in [0.15, 0.2) is 0 Å². The van der Waals surface area contributed by atoms with Gasteiger partial charge in [-0.2, -0.15) is 0 Å². The number of primary amides is 1. The molecule has 0 fully saturated rings. The number of carbonyl (C=O) groups excluding carboxylic acids is 1. The largest absolute Gasteiger partial charge is 0.467 e. The van der Waals surface area contributed by atoms with Crippen LogP contribution in [-0.4, -0.2) is 11.9 Å². The van der Waals surface area contributed by atoms with Crippen molar-refractivity contribution in [3.63, 3.8) is 0 Å². The molecule has 0 bridgehead atoms. The Morgan fingerprint density at radius 1 is 1.22 bits per heavy atom. The number of hydrogen-bond acceptors (Lipinski definition) is 3. The van der Waals surface area contributed by atoms with Crippen LogP contribution in [0.25, 0.3) is 0 Å². The zero-order valence-electron chi connectivity index (χ0n) is 10.2. The number of furan rings is 1. The SMILES string of the molecule is C[C@H](N[C@H](c1ccccc1)c1ccco1)C(N)=O. The van der Waals surface area contributed by atoms with Crippen molar-refractivity contribution < 1.29 is 9.21 Å². The molecular formula is C14H16N2O2. The van der Waals surface area contributed by atoms with E-state index < -0.39 is 6.04 Å². The van der Waals surface area contributed by atoms with Crippen LogP contribution in [0.15, 0.2) is 53.1 Å². The van der Waals surface area contributed by atoms with Gasteiger partial charge in [-0.15, -0.1) is 0 Å². The van der Waals surface area contributed by atoms with Gasteiger partial charge in [0.2, 0.25) is 5.91 Å². The zero-order valence-corrected chi connectivity index (χ0v) is 10.2. The van der Waals surface area contributed by atoms with Crippen LogP contribution in [0.4, 0.5) is 0 Å². The van der Waals surface area contributed by atoms with Crippen LogP contribution in [0.1, 0.15) is 24.3 Å². The number of amides is 1. The maximum Gasteiger partial charge on any atom is 0.234 e. The smallest absolute Gasteiger partial charge is 0.234 e. The number of nitrogens with one attached hydrogen (secondary N) is 1. The minimum absolute atomic E-state index is 0.177. The number of nitrogens with two attached hydrogens (primary N) is 1. The van der Waals surface area contributed by atoms with Crippen molar-refractivity contribution in [1.82, 2.24) is 5.32 Å². The van der Waals surface area contributed by atoms with Gasteiger partial charge in [-0.05, 0) is 24.6 Å². The first kappa shape index (κ1) is 12.4. The molecular weight excluding hydrogens is 228 g/mol. The van der Waals surface area contributed by atoms with E-state index >= 15 is 0 Å². The number of rotatable bonds is 5. The first-order valence-corrected chi connectivity index (χ1v) is 5.82. The Bertz CT molecular complexity index is 494. The lowest BCUT2D eigenvalue weighted by atomic mass is 10.0. The molecule has 0 aliphatic rings. The average Bonchev–Trinajstić information content (AvgIpc) is 2.90. The second-order valence-corrected chi connectivity index (χ2v) is 4.15. The van der Waals surface area contributed by atoms with Crippen LogP contribution in [0.2, 0.25) is 0 Å². The molecule has 0 spiro atoms. The lowest BCUT2D eigenvalue weighted by Crippen LogP contribution is -2.41. The van der Waals surface area contributed by atoms with Gasteiger partial charge in [-0.25, -0.2) is 0 Å². The van der Waals surface area contributed by atoms with E-state index in [9.17, 15) is 4.79 Å². The number of hydrogen-bond donors (Lipinski definition) is 2. The highest BCUT2D eigenvalue weighted by Crippen LogP contribution is 2.22. The van der Waals surface area contributed by atoms with Gasteiger partial charge in [-0.1, -0.05) is 30.3 Å². The van der Waals surface area contributed by atoms with Gasteiger partial charge in [0, 0.05) is 0 Å². The lowest BCUT2D eigenvalue weighted by Gasteiger charge is -2.20. The summed E-state index contributed by atoms with van der Waals surface area (Å²) in [5.41, 5.74) is 6.31. The van der Waals surface area contributed by atoms with Crippen LogP contribution in [0.5, 0.6) is 0 Å². The predicted molar refractivity (Wildman–Crippen MR) is 68.8 cm³/mol. The van der Waals surface area contributed by atoms with E-state index in [1.54, 1.807) is 13.2 Å². The Balaban J connectivity index is 2.27. The summed E-state index contributed by atoms with van der Waals surface area (Å²) < 4.78 is 5.42. The molecule has 0 saturated heterocycles. The molecule has 0 saturated carbocycles. The summed E-state index contributed by atoms with van der Waals surface area (Å²) in [6.07, 6.45) is 1.61. The summed E-state index contributed by atoms with van der Waals surface area (Å²) in [5.74, 6) is 0.372. The second-order valence-electron chi connectivity index (χ2n) is 4.15. The molecule has 1 aromatic carbocycles. The van der Waals surface area contributed by atoms with E-state index in [0.29, 0.717) is 0 Å². The summed E-state index contributed by atoms with van der Waals surface area (Å²) in [6, 6.07) is 12.9. The second kappa shape index (κ2) is 5.51. The predicted octanol–water partition coefficient (Wildman–Crippen LogP) is 1.83. The van der Waals surface area contributed by atoms with Crippen molar-refractivity contribution in [3.05, 3.63) is 60.1 Å². The minimum Gasteiger partial charge on any atom is -0.467 e. The number of carbonyl (C=O) groups is 1. The van der Waals surface area contributed by atoms with Crippen molar-refractivity contribution in [2.45, 2.75) is 19.0 Å². The van der Waals surface area contributed by atoms with E-state index in [2.05, 4.69) is 5.32 Å². The van der Waals surface area contributed by atoms with Crippen LogP contribution in [0.3, 0.4) is 0 Å². The Morgan fingerprint density at radius 3 is 2.50 bits per heavy atom. The monoisotopic (exact) mass is 244 g/mol. The third kappa shape index (κ3) is 2.78. The average molecular weight is 244 g/mol. The first-order valence-electron chi connectivity index (χ1n) is 5.82. The fourth-order valence-electron chi connectivity index (χ4n) is 1.78. The standard InChI is InChI=1S/C14H16N2O2/c1-10(14(15)17)16-13(12-8-5-9-18-12)11-6-3-2-4-7-11/h2-10,13,16H,1H3,(H2,15,17)/t10-,13+/m0/s1. The summed E-state index contributed by atoms with van der Waals surface area (Å²) in [7, 11) is 0. The van der Waals surface area contributed by atoms with Gasteiger partial charge < -0.3 is 10.2 Å². The molecule has 1 heterocycles. The lowest BCUT2D eigenvalue weighted by molar-refractivity contribution is -0.119. The van der Waals surface area contributed by atoms with Gasteiger partial charge in [0.25, 0.3) is 0 Å². The van der Waals surface area contributed by atoms with E-state index in [-0.39, 0.29) is 11.9 Å². The fourth-order valence-corrected chi connectivity index (χ4v) is 1.78. The third-order valence-corrected chi connectivity index (χ3v) is 2.80. The highest BCUT2D eigenvalue weighted by atomic mass is 16.3. The Kier molecular flexibility index (Phi) is 3.79. The first-order chi connectivity index (χ1) is 8.68. The zero-order chi connectivity index (χ0) is 13.0. The summed E-state index contributed by atoms with van der Waals surface area (Å²) in [4.78, 5) is 11.2. The van der Waals surface area contributed by atoms with Crippen molar-refractivity contribution in [2.24, 2.45) is 5.73 Å². The molecule has 1 amide bonds. The van der Waals surface area contributed by atoms with Crippen LogP contribution >= 0.6 is 0 Å². The summed E-state index contributed by atoms with van der Waals surface area (Å²) in [5, 5.41) is 3.17. The molecule has 4 heteroatoms.